The van der Waals surface area contributed by atoms with Gasteiger partial charge >= 0.3 is 0 Å². The fraction of sp³-hybridized carbons (Fsp3) is 0.630. The van der Waals surface area contributed by atoms with E-state index in [2.05, 4.69) is 19.5 Å². The number of sulfonamides is 1. The molecule has 1 amide bonds. The monoisotopic (exact) mass is 500 g/mol. The molecule has 0 spiro atoms. The van der Waals surface area contributed by atoms with Crippen LogP contribution in [0.4, 0.5) is 0 Å². The molecule has 1 aromatic rings. The minimum absolute atomic E-state index is 0.0197. The molecule has 2 fully saturated rings. The summed E-state index contributed by atoms with van der Waals surface area (Å²) in [6.07, 6.45) is 8.28. The zero-order valence-corrected chi connectivity index (χ0v) is 22.1. The molecule has 0 bridgehead atoms. The van der Waals surface area contributed by atoms with Crippen molar-refractivity contribution in [2.75, 3.05) is 39.3 Å². The number of piperidine rings is 1. The number of amidine groups is 1. The summed E-state index contributed by atoms with van der Waals surface area (Å²) in [4.78, 5) is 17.7. The molecule has 8 heteroatoms. The van der Waals surface area contributed by atoms with E-state index >= 15 is 0 Å². The fourth-order valence-corrected chi connectivity index (χ4v) is 6.96. The average Bonchev–Trinajstić information content (AvgIpc) is 2.98. The second-order valence-electron chi connectivity index (χ2n) is 10.1. The molecular weight excluding hydrogens is 460 g/mol. The van der Waals surface area contributed by atoms with E-state index < -0.39 is 10.0 Å². The van der Waals surface area contributed by atoms with Crippen molar-refractivity contribution in [1.82, 2.24) is 15.1 Å². The number of hydrogen-bond donors (Lipinski definition) is 1. The number of rotatable bonds is 7. The first kappa shape index (κ1) is 25.9. The number of benzene rings is 1. The van der Waals surface area contributed by atoms with Crippen LogP contribution in [0, 0.1) is 12.8 Å². The second kappa shape index (κ2) is 11.7. The highest BCUT2D eigenvalue weighted by atomic mass is 32.2. The Balaban J connectivity index is 1.30. The van der Waals surface area contributed by atoms with Gasteiger partial charge in [-0.05, 0) is 70.6 Å². The number of nitrogens with one attached hydrogen (secondary N) is 1. The highest BCUT2D eigenvalue weighted by Crippen LogP contribution is 2.36. The number of amides is 1. The van der Waals surface area contributed by atoms with Crippen LogP contribution in [0.1, 0.15) is 69.4 Å². The smallest absolute Gasteiger partial charge is 0.285 e. The Morgan fingerprint density at radius 1 is 1.03 bits per heavy atom. The third-order valence-corrected chi connectivity index (χ3v) is 8.90. The van der Waals surface area contributed by atoms with Crippen molar-refractivity contribution in [2.45, 2.75) is 65.2 Å². The molecule has 1 N–H and O–H groups in total. The highest BCUT2D eigenvalue weighted by Gasteiger charge is 2.36. The average molecular weight is 501 g/mol. The van der Waals surface area contributed by atoms with Crippen LogP contribution in [0.2, 0.25) is 0 Å². The largest absolute Gasteiger partial charge is 0.356 e. The Bertz CT molecular complexity index is 1050. The summed E-state index contributed by atoms with van der Waals surface area (Å²) in [7, 11) is -3.73. The lowest BCUT2D eigenvalue weighted by Crippen LogP contribution is -2.43. The molecule has 4 rings (SSSR count). The van der Waals surface area contributed by atoms with Crippen LogP contribution < -0.4 is 5.32 Å². The Kier molecular flexibility index (Phi) is 8.65. The summed E-state index contributed by atoms with van der Waals surface area (Å²) in [5.41, 5.74) is 2.57. The zero-order valence-electron chi connectivity index (χ0n) is 21.3. The first-order valence-electron chi connectivity index (χ1n) is 13.3. The Labute approximate surface area is 210 Å². The molecule has 2 saturated heterocycles. The minimum Gasteiger partial charge on any atom is -0.356 e. The van der Waals surface area contributed by atoms with E-state index in [0.717, 1.165) is 30.6 Å². The van der Waals surface area contributed by atoms with Crippen LogP contribution >= 0.6 is 0 Å². The third-order valence-electron chi connectivity index (χ3n) is 7.49. The lowest BCUT2D eigenvalue weighted by molar-refractivity contribution is -0.126. The number of aryl methyl sites for hydroxylation is 1. The van der Waals surface area contributed by atoms with Crippen molar-refractivity contribution < 1.29 is 13.2 Å². The van der Waals surface area contributed by atoms with Gasteiger partial charge in [0.1, 0.15) is 10.7 Å². The van der Waals surface area contributed by atoms with E-state index in [1.165, 1.54) is 38.8 Å². The summed E-state index contributed by atoms with van der Waals surface area (Å²) in [6.45, 7) is 9.41. The van der Waals surface area contributed by atoms with E-state index in [9.17, 15) is 13.2 Å². The Morgan fingerprint density at radius 2 is 1.69 bits per heavy atom. The standard InChI is InChI=1S/C27H40N4O3S/c1-3-24-25(22-11-9-21(2)10-12-22)35(33,34)29-26(24)31-19-13-23(14-20-31)27(32)28-15-8-18-30-16-6-4-5-7-17-30/h9-12,23H,3-8,13-20H2,1-2H3,(H,28,32). The summed E-state index contributed by atoms with van der Waals surface area (Å²) in [5.74, 6) is 0.682. The maximum atomic E-state index is 13.0. The predicted octanol–water partition coefficient (Wildman–Crippen LogP) is 3.95. The molecule has 0 unspecified atom stereocenters. The minimum atomic E-state index is -3.73. The summed E-state index contributed by atoms with van der Waals surface area (Å²) in [5, 5.41) is 3.14. The highest BCUT2D eigenvalue weighted by molar-refractivity contribution is 8.00. The van der Waals surface area contributed by atoms with E-state index in [0.29, 0.717) is 48.7 Å². The molecule has 0 radical (unpaired) electrons. The Hall–Kier alpha value is -2.19. The molecule has 0 atom stereocenters. The topological polar surface area (TPSA) is 82.1 Å². The van der Waals surface area contributed by atoms with Gasteiger partial charge in [0.05, 0.1) is 0 Å². The predicted molar refractivity (Wildman–Crippen MR) is 142 cm³/mol. The van der Waals surface area contributed by atoms with Crippen LogP contribution in [0.5, 0.6) is 0 Å². The zero-order chi connectivity index (χ0) is 24.8. The molecular formula is C27H40N4O3S. The quantitative estimate of drug-likeness (QED) is 0.573. The lowest BCUT2D eigenvalue weighted by Gasteiger charge is -2.33. The van der Waals surface area contributed by atoms with Gasteiger partial charge in [0.2, 0.25) is 5.91 Å². The number of carbonyl (C=O) groups is 1. The van der Waals surface area contributed by atoms with Gasteiger partial charge in [-0.25, -0.2) is 0 Å². The molecule has 1 aromatic carbocycles. The van der Waals surface area contributed by atoms with E-state index in [1.807, 2.05) is 38.1 Å². The van der Waals surface area contributed by atoms with Gasteiger partial charge in [-0.3, -0.25) is 4.79 Å². The maximum absolute atomic E-state index is 13.0. The maximum Gasteiger partial charge on any atom is 0.285 e. The van der Waals surface area contributed by atoms with Gasteiger partial charge in [0.15, 0.2) is 0 Å². The van der Waals surface area contributed by atoms with Crippen LogP contribution in [-0.4, -0.2) is 69.2 Å². The summed E-state index contributed by atoms with van der Waals surface area (Å²) in [6, 6.07) is 7.59. The van der Waals surface area contributed by atoms with Crippen LogP contribution in [-0.2, 0) is 14.8 Å². The van der Waals surface area contributed by atoms with Crippen molar-refractivity contribution in [1.29, 1.82) is 0 Å². The normalized spacial score (nSPS) is 21.7. The van der Waals surface area contributed by atoms with Gasteiger partial charge in [0.25, 0.3) is 10.0 Å². The molecule has 3 aliphatic rings. The van der Waals surface area contributed by atoms with Crippen molar-refractivity contribution in [2.24, 2.45) is 10.3 Å². The Morgan fingerprint density at radius 3 is 2.31 bits per heavy atom. The fourth-order valence-electron chi connectivity index (χ4n) is 5.44. The van der Waals surface area contributed by atoms with Crippen molar-refractivity contribution in [3.8, 4) is 0 Å². The van der Waals surface area contributed by atoms with E-state index in [4.69, 9.17) is 0 Å². The molecule has 0 aromatic heterocycles. The van der Waals surface area contributed by atoms with Gasteiger partial charge in [-0.2, -0.15) is 8.42 Å². The summed E-state index contributed by atoms with van der Waals surface area (Å²) >= 11 is 0. The number of hydrogen-bond acceptors (Lipinski definition) is 5. The third kappa shape index (κ3) is 6.33. The molecule has 3 aliphatic heterocycles. The molecule has 0 aliphatic carbocycles. The van der Waals surface area contributed by atoms with Gasteiger partial charge in [-0.15, -0.1) is 4.40 Å². The summed E-state index contributed by atoms with van der Waals surface area (Å²) < 4.78 is 30.2. The van der Waals surface area contributed by atoms with Crippen molar-refractivity contribution >= 4 is 26.7 Å². The first-order valence-corrected chi connectivity index (χ1v) is 14.7. The molecule has 0 saturated carbocycles. The molecule has 192 valence electrons. The van der Waals surface area contributed by atoms with Crippen molar-refractivity contribution in [3.63, 3.8) is 0 Å². The van der Waals surface area contributed by atoms with E-state index in [-0.39, 0.29) is 11.8 Å². The van der Waals surface area contributed by atoms with Gasteiger partial charge in [0, 0.05) is 31.1 Å². The number of nitrogens with zero attached hydrogens (tertiary/aromatic N) is 3. The second-order valence-corrected chi connectivity index (χ2v) is 11.6. The molecule has 35 heavy (non-hydrogen) atoms. The van der Waals surface area contributed by atoms with Crippen LogP contribution in [0.3, 0.4) is 0 Å². The first-order chi connectivity index (χ1) is 16.9. The van der Waals surface area contributed by atoms with Gasteiger partial charge < -0.3 is 15.1 Å². The van der Waals surface area contributed by atoms with E-state index in [1.54, 1.807) is 0 Å². The van der Waals surface area contributed by atoms with Crippen LogP contribution in [0.25, 0.3) is 4.91 Å². The van der Waals surface area contributed by atoms with Crippen LogP contribution in [0.15, 0.2) is 34.2 Å². The number of carbonyl (C=O) groups excluding carboxylic acids is 1. The lowest BCUT2D eigenvalue weighted by atomic mass is 9.94. The SMILES string of the molecule is CCC1=C(c2ccc(C)cc2)S(=O)(=O)N=C1N1CCC(C(=O)NCCCN2CCCCCC2)CC1. The van der Waals surface area contributed by atoms with Gasteiger partial charge in [-0.1, -0.05) is 49.6 Å². The van der Waals surface area contributed by atoms with Crippen molar-refractivity contribution in [3.05, 3.63) is 41.0 Å². The molecule has 3 heterocycles. The number of likely N-dealkylation sites (tertiary alicyclic amines) is 2. The molecule has 7 nitrogen and oxygen atoms in total.